The fraction of sp³-hybridized carbons (Fsp3) is 0.500. The van der Waals surface area contributed by atoms with Gasteiger partial charge in [-0.05, 0) is 18.9 Å². The highest BCUT2D eigenvalue weighted by molar-refractivity contribution is 6.02. The molecule has 3 rings (SSSR count). The number of aryl methyl sites for hydroxylation is 2. The second kappa shape index (κ2) is 5.69. The lowest BCUT2D eigenvalue weighted by Crippen LogP contribution is -2.17. The van der Waals surface area contributed by atoms with Gasteiger partial charge in [0.25, 0.3) is 5.91 Å². The quantitative estimate of drug-likeness (QED) is 0.924. The molecule has 0 aromatic carbocycles. The highest BCUT2D eigenvalue weighted by Gasteiger charge is 2.21. The van der Waals surface area contributed by atoms with Crippen LogP contribution >= 0.6 is 0 Å². The van der Waals surface area contributed by atoms with Crippen LogP contribution in [-0.4, -0.2) is 38.7 Å². The highest BCUT2D eigenvalue weighted by atomic mass is 16.5. The van der Waals surface area contributed by atoms with Crippen LogP contribution in [-0.2, 0) is 18.8 Å². The van der Waals surface area contributed by atoms with Gasteiger partial charge in [-0.15, -0.1) is 0 Å². The average Bonchev–Trinajstić information content (AvgIpc) is 3.07. The van der Waals surface area contributed by atoms with Crippen molar-refractivity contribution in [3.63, 3.8) is 0 Å². The van der Waals surface area contributed by atoms with Gasteiger partial charge in [0.15, 0.2) is 0 Å². The van der Waals surface area contributed by atoms with E-state index < -0.39 is 0 Å². The lowest BCUT2D eigenvalue weighted by atomic mass is 9.99. The zero-order valence-corrected chi connectivity index (χ0v) is 12.2. The van der Waals surface area contributed by atoms with Gasteiger partial charge >= 0.3 is 0 Å². The number of carbonyl (C=O) groups is 1. The molecule has 0 spiro atoms. The van der Waals surface area contributed by atoms with E-state index in [1.54, 1.807) is 28.7 Å². The Kier molecular flexibility index (Phi) is 3.74. The van der Waals surface area contributed by atoms with E-state index in [4.69, 9.17) is 4.74 Å². The fourth-order valence-electron chi connectivity index (χ4n) is 2.56. The first-order valence-corrected chi connectivity index (χ1v) is 7.06. The summed E-state index contributed by atoms with van der Waals surface area (Å²) < 4.78 is 8.73. The van der Waals surface area contributed by atoms with Gasteiger partial charge in [0, 0.05) is 38.9 Å². The Hall–Kier alpha value is -2.15. The van der Waals surface area contributed by atoms with Crippen LogP contribution in [0.2, 0.25) is 0 Å². The molecule has 1 unspecified atom stereocenters. The molecule has 21 heavy (non-hydrogen) atoms. The minimum atomic E-state index is -0.190. The summed E-state index contributed by atoms with van der Waals surface area (Å²) in [5, 5.41) is 11.4. The summed E-state index contributed by atoms with van der Waals surface area (Å²) in [6.07, 6.45) is 3.73. The van der Waals surface area contributed by atoms with Gasteiger partial charge in [0.1, 0.15) is 11.5 Å². The largest absolute Gasteiger partial charge is 0.381 e. The zero-order valence-electron chi connectivity index (χ0n) is 12.2. The highest BCUT2D eigenvalue weighted by Crippen LogP contribution is 2.26. The summed E-state index contributed by atoms with van der Waals surface area (Å²) in [5.41, 5.74) is 1.48. The number of carbonyl (C=O) groups excluding carboxylic acids is 1. The fourth-order valence-corrected chi connectivity index (χ4v) is 2.56. The van der Waals surface area contributed by atoms with Gasteiger partial charge in [-0.3, -0.25) is 14.2 Å². The lowest BCUT2D eigenvalue weighted by Gasteiger charge is -2.19. The molecule has 1 aliphatic heterocycles. The van der Waals surface area contributed by atoms with Gasteiger partial charge in [-0.1, -0.05) is 0 Å². The maximum atomic E-state index is 12.2. The van der Waals surface area contributed by atoms with Crippen molar-refractivity contribution in [1.29, 1.82) is 0 Å². The molecule has 2 aromatic rings. The molecule has 1 saturated heterocycles. The Bertz CT molecular complexity index is 640. The molecule has 0 aliphatic carbocycles. The molecule has 2 aromatic heterocycles. The maximum absolute atomic E-state index is 12.2. The molecular weight excluding hydrogens is 270 g/mol. The van der Waals surface area contributed by atoms with Gasteiger partial charge < -0.3 is 10.1 Å². The summed E-state index contributed by atoms with van der Waals surface area (Å²) in [7, 11) is 3.56. The van der Waals surface area contributed by atoms with E-state index in [1.807, 2.05) is 13.1 Å². The van der Waals surface area contributed by atoms with Crippen molar-refractivity contribution in [2.24, 2.45) is 14.1 Å². The van der Waals surface area contributed by atoms with Crippen LogP contribution in [0.25, 0.3) is 0 Å². The van der Waals surface area contributed by atoms with Gasteiger partial charge in [0.2, 0.25) is 0 Å². The van der Waals surface area contributed by atoms with Crippen molar-refractivity contribution in [3.8, 4) is 0 Å². The molecule has 0 bridgehead atoms. The minimum Gasteiger partial charge on any atom is -0.381 e. The molecule has 3 heterocycles. The third-order valence-electron chi connectivity index (χ3n) is 3.77. The van der Waals surface area contributed by atoms with Crippen molar-refractivity contribution >= 4 is 11.7 Å². The molecule has 1 amide bonds. The Morgan fingerprint density at radius 1 is 1.43 bits per heavy atom. The number of hydrogen-bond donors (Lipinski definition) is 1. The average molecular weight is 289 g/mol. The van der Waals surface area contributed by atoms with Crippen LogP contribution in [0.1, 0.15) is 34.9 Å². The smallest absolute Gasteiger partial charge is 0.275 e. The van der Waals surface area contributed by atoms with Crippen molar-refractivity contribution in [2.75, 3.05) is 18.5 Å². The number of ether oxygens (including phenoxy) is 1. The Balaban J connectivity index is 1.75. The third-order valence-corrected chi connectivity index (χ3v) is 3.77. The Morgan fingerprint density at radius 2 is 2.29 bits per heavy atom. The normalized spacial score (nSPS) is 18.7. The Morgan fingerprint density at radius 3 is 2.95 bits per heavy atom. The number of anilines is 1. The predicted octanol–water partition coefficient (Wildman–Crippen LogP) is 1.30. The number of aromatic nitrogens is 4. The second-order valence-electron chi connectivity index (χ2n) is 5.29. The molecule has 1 fully saturated rings. The SMILES string of the molecule is Cn1nc(C2CCCOC2)cc1NC(=O)c1ccnn1C. The van der Waals surface area contributed by atoms with Crippen LogP contribution in [0, 0.1) is 0 Å². The van der Waals surface area contributed by atoms with Crippen molar-refractivity contribution < 1.29 is 9.53 Å². The summed E-state index contributed by atoms with van der Waals surface area (Å²) in [6.45, 7) is 1.53. The molecule has 7 heteroatoms. The van der Waals surface area contributed by atoms with E-state index in [9.17, 15) is 4.79 Å². The van der Waals surface area contributed by atoms with Crippen molar-refractivity contribution in [2.45, 2.75) is 18.8 Å². The predicted molar refractivity (Wildman–Crippen MR) is 77.2 cm³/mol. The van der Waals surface area contributed by atoms with Crippen LogP contribution < -0.4 is 5.32 Å². The number of rotatable bonds is 3. The molecule has 0 radical (unpaired) electrons. The number of nitrogens with zero attached hydrogens (tertiary/aromatic N) is 4. The van der Waals surface area contributed by atoms with Crippen LogP contribution in [0.3, 0.4) is 0 Å². The maximum Gasteiger partial charge on any atom is 0.275 e. The number of nitrogens with one attached hydrogen (secondary N) is 1. The second-order valence-corrected chi connectivity index (χ2v) is 5.29. The summed E-state index contributed by atoms with van der Waals surface area (Å²) in [5.74, 6) is 0.804. The molecule has 112 valence electrons. The third kappa shape index (κ3) is 2.82. The standard InChI is InChI=1S/C14H19N5O2/c1-18-12(5-6-15-18)14(20)16-13-8-11(17-19(13)2)10-4-3-7-21-9-10/h5-6,8,10H,3-4,7,9H2,1-2H3,(H,16,20). The van der Waals surface area contributed by atoms with Crippen LogP contribution in [0.4, 0.5) is 5.82 Å². The van der Waals surface area contributed by atoms with Crippen molar-refractivity contribution in [1.82, 2.24) is 19.6 Å². The van der Waals surface area contributed by atoms with E-state index in [0.29, 0.717) is 24.0 Å². The first kappa shape index (κ1) is 13.8. The molecular formula is C14H19N5O2. The number of hydrogen-bond acceptors (Lipinski definition) is 4. The first-order valence-electron chi connectivity index (χ1n) is 7.06. The van der Waals surface area contributed by atoms with E-state index >= 15 is 0 Å². The van der Waals surface area contributed by atoms with Crippen LogP contribution in [0.15, 0.2) is 18.3 Å². The van der Waals surface area contributed by atoms with E-state index in [1.165, 1.54) is 0 Å². The summed E-state index contributed by atoms with van der Waals surface area (Å²) in [4.78, 5) is 12.2. The van der Waals surface area contributed by atoms with Crippen molar-refractivity contribution in [3.05, 3.63) is 29.7 Å². The molecule has 7 nitrogen and oxygen atoms in total. The first-order chi connectivity index (χ1) is 10.1. The summed E-state index contributed by atoms with van der Waals surface area (Å²) >= 11 is 0. The summed E-state index contributed by atoms with van der Waals surface area (Å²) in [6, 6.07) is 3.61. The van der Waals surface area contributed by atoms with Crippen LogP contribution in [0.5, 0.6) is 0 Å². The molecule has 1 N–H and O–H groups in total. The molecule has 1 aliphatic rings. The number of amides is 1. The van der Waals surface area contributed by atoms with E-state index in [0.717, 1.165) is 25.1 Å². The minimum absolute atomic E-state index is 0.190. The molecule has 0 saturated carbocycles. The molecule has 1 atom stereocenters. The van der Waals surface area contributed by atoms with Gasteiger partial charge in [-0.25, -0.2) is 0 Å². The lowest BCUT2D eigenvalue weighted by molar-refractivity contribution is 0.0791. The van der Waals surface area contributed by atoms with E-state index in [-0.39, 0.29) is 5.91 Å². The topological polar surface area (TPSA) is 74.0 Å². The zero-order chi connectivity index (χ0) is 14.8. The monoisotopic (exact) mass is 289 g/mol. The van der Waals surface area contributed by atoms with E-state index in [2.05, 4.69) is 15.5 Å². The van der Waals surface area contributed by atoms with Gasteiger partial charge in [-0.2, -0.15) is 10.2 Å². The van der Waals surface area contributed by atoms with Gasteiger partial charge in [0.05, 0.1) is 12.3 Å². The Labute approximate surface area is 122 Å².